The molecule has 8 nitrogen and oxygen atoms in total. The summed E-state index contributed by atoms with van der Waals surface area (Å²) in [6, 6.07) is 11.2. The summed E-state index contributed by atoms with van der Waals surface area (Å²) in [5, 5.41) is 14.0. The molecule has 176 valence electrons. The number of carbonyl (C=O) groups excluding carboxylic acids is 2. The van der Waals surface area contributed by atoms with E-state index in [2.05, 4.69) is 5.32 Å². The Bertz CT molecular complexity index is 996. The first-order valence-electron chi connectivity index (χ1n) is 11.4. The van der Waals surface area contributed by atoms with Crippen molar-refractivity contribution in [3.8, 4) is 5.75 Å². The van der Waals surface area contributed by atoms with Gasteiger partial charge in [-0.2, -0.15) is 0 Å². The molecule has 0 unspecified atom stereocenters. The fourth-order valence-electron chi connectivity index (χ4n) is 4.27. The number of nitro benzene ring substituents is 1. The summed E-state index contributed by atoms with van der Waals surface area (Å²) in [6.07, 6.45) is 4.92. The van der Waals surface area contributed by atoms with Gasteiger partial charge in [0.05, 0.1) is 23.6 Å². The Morgan fingerprint density at radius 1 is 1.06 bits per heavy atom. The van der Waals surface area contributed by atoms with Gasteiger partial charge in [-0.1, -0.05) is 38.3 Å². The first kappa shape index (κ1) is 24.2. The summed E-state index contributed by atoms with van der Waals surface area (Å²) in [6.45, 7) is 4.39. The molecule has 1 fully saturated rings. The smallest absolute Gasteiger partial charge is 0.341 e. The van der Waals surface area contributed by atoms with Crippen LogP contribution in [0.1, 0.15) is 68.3 Å². The topological polar surface area (TPSA) is 108 Å². The van der Waals surface area contributed by atoms with Crippen molar-refractivity contribution in [1.29, 1.82) is 0 Å². The third-order valence-electron chi connectivity index (χ3n) is 5.97. The van der Waals surface area contributed by atoms with Crippen LogP contribution in [0.5, 0.6) is 5.75 Å². The average molecular weight is 455 g/mol. The number of hydrogen-bond acceptors (Lipinski definition) is 6. The van der Waals surface area contributed by atoms with Crippen LogP contribution in [0.15, 0.2) is 42.5 Å². The number of non-ortho nitro benzene ring substituents is 1. The molecule has 2 aromatic rings. The molecule has 1 N–H and O–H groups in total. The molecule has 1 aliphatic carbocycles. The third kappa shape index (κ3) is 5.50. The molecule has 0 bridgehead atoms. The number of nitro groups is 1. The standard InChI is InChI=1S/C25H30N2O6/c1-3-16-33-22-13-10-19(17-21(22)23(28)32-4-2)26-24(29)25(14-6-5-7-15-25)18-8-11-20(12-9-18)27(30)31/h8-13,17H,3-7,14-16H2,1-2H3,(H,26,29). The normalized spacial score (nSPS) is 14.8. The molecule has 0 aliphatic heterocycles. The molecule has 2 aromatic carbocycles. The fraction of sp³-hybridized carbons (Fsp3) is 0.440. The van der Waals surface area contributed by atoms with E-state index in [0.29, 0.717) is 30.9 Å². The van der Waals surface area contributed by atoms with Crippen LogP contribution in [0.2, 0.25) is 0 Å². The number of rotatable bonds is 9. The van der Waals surface area contributed by atoms with Crippen molar-refractivity contribution in [2.75, 3.05) is 18.5 Å². The molecule has 3 rings (SSSR count). The Morgan fingerprint density at radius 3 is 2.36 bits per heavy atom. The summed E-state index contributed by atoms with van der Waals surface area (Å²) in [7, 11) is 0. The van der Waals surface area contributed by atoms with Gasteiger partial charge in [-0.3, -0.25) is 14.9 Å². The van der Waals surface area contributed by atoms with Crippen LogP contribution < -0.4 is 10.1 Å². The second-order valence-corrected chi connectivity index (χ2v) is 8.18. The maximum absolute atomic E-state index is 13.6. The molecule has 1 aliphatic rings. The van der Waals surface area contributed by atoms with Gasteiger partial charge in [-0.05, 0) is 49.9 Å². The van der Waals surface area contributed by atoms with E-state index in [0.717, 1.165) is 31.2 Å². The first-order chi connectivity index (χ1) is 15.9. The molecular formula is C25H30N2O6. The minimum atomic E-state index is -0.783. The number of amides is 1. The van der Waals surface area contributed by atoms with Crippen LogP contribution in [-0.4, -0.2) is 30.0 Å². The van der Waals surface area contributed by atoms with E-state index < -0.39 is 16.3 Å². The Balaban J connectivity index is 1.91. The van der Waals surface area contributed by atoms with Gasteiger partial charge < -0.3 is 14.8 Å². The third-order valence-corrected chi connectivity index (χ3v) is 5.97. The lowest BCUT2D eigenvalue weighted by Crippen LogP contribution is -2.42. The highest BCUT2D eigenvalue weighted by molar-refractivity contribution is 6.01. The van der Waals surface area contributed by atoms with Crippen molar-refractivity contribution in [2.24, 2.45) is 0 Å². The van der Waals surface area contributed by atoms with Crippen LogP contribution in [-0.2, 0) is 14.9 Å². The van der Waals surface area contributed by atoms with E-state index >= 15 is 0 Å². The monoisotopic (exact) mass is 454 g/mol. The van der Waals surface area contributed by atoms with Crippen molar-refractivity contribution in [1.82, 2.24) is 0 Å². The summed E-state index contributed by atoms with van der Waals surface area (Å²) in [5.41, 5.74) is 0.704. The SMILES string of the molecule is CCCOc1ccc(NC(=O)C2(c3ccc([N+](=O)[O-])cc3)CCCCC2)cc1C(=O)OCC. The van der Waals surface area contributed by atoms with Gasteiger partial charge >= 0.3 is 5.97 Å². The van der Waals surface area contributed by atoms with E-state index in [-0.39, 0.29) is 23.8 Å². The van der Waals surface area contributed by atoms with E-state index in [9.17, 15) is 19.7 Å². The van der Waals surface area contributed by atoms with Gasteiger partial charge in [0, 0.05) is 17.8 Å². The number of nitrogens with zero attached hydrogens (tertiary/aromatic N) is 1. The van der Waals surface area contributed by atoms with E-state index in [1.165, 1.54) is 12.1 Å². The van der Waals surface area contributed by atoms with Crippen LogP contribution >= 0.6 is 0 Å². The van der Waals surface area contributed by atoms with E-state index in [4.69, 9.17) is 9.47 Å². The number of carbonyl (C=O) groups is 2. The fourth-order valence-corrected chi connectivity index (χ4v) is 4.27. The molecule has 0 saturated heterocycles. The quantitative estimate of drug-likeness (QED) is 0.309. The van der Waals surface area contributed by atoms with Gasteiger partial charge in [-0.25, -0.2) is 4.79 Å². The summed E-state index contributed by atoms with van der Waals surface area (Å²) >= 11 is 0. The molecule has 33 heavy (non-hydrogen) atoms. The number of esters is 1. The van der Waals surface area contributed by atoms with E-state index in [1.54, 1.807) is 37.3 Å². The Hall–Kier alpha value is -3.42. The zero-order valence-electron chi connectivity index (χ0n) is 19.1. The van der Waals surface area contributed by atoms with Crippen molar-refractivity contribution in [2.45, 2.75) is 57.8 Å². The van der Waals surface area contributed by atoms with Crippen LogP contribution in [0, 0.1) is 10.1 Å². The molecular weight excluding hydrogens is 424 g/mol. The Labute approximate surface area is 193 Å². The zero-order valence-corrected chi connectivity index (χ0v) is 19.1. The van der Waals surface area contributed by atoms with Crippen LogP contribution in [0.25, 0.3) is 0 Å². The minimum Gasteiger partial charge on any atom is -0.493 e. The molecule has 0 heterocycles. The predicted molar refractivity (Wildman–Crippen MR) is 125 cm³/mol. The molecule has 0 spiro atoms. The maximum Gasteiger partial charge on any atom is 0.341 e. The molecule has 0 aromatic heterocycles. The van der Waals surface area contributed by atoms with Crippen LogP contribution in [0.4, 0.5) is 11.4 Å². The molecule has 0 atom stereocenters. The number of ether oxygens (including phenoxy) is 2. The zero-order chi connectivity index (χ0) is 23.8. The maximum atomic E-state index is 13.6. The number of hydrogen-bond donors (Lipinski definition) is 1. The molecule has 1 amide bonds. The van der Waals surface area contributed by atoms with Crippen molar-refractivity contribution < 1.29 is 24.0 Å². The largest absolute Gasteiger partial charge is 0.493 e. The highest BCUT2D eigenvalue weighted by atomic mass is 16.6. The predicted octanol–water partition coefficient (Wildman–Crippen LogP) is 5.40. The summed E-state index contributed by atoms with van der Waals surface area (Å²) < 4.78 is 10.8. The Morgan fingerprint density at radius 2 is 1.76 bits per heavy atom. The first-order valence-corrected chi connectivity index (χ1v) is 11.4. The van der Waals surface area contributed by atoms with Crippen LogP contribution in [0.3, 0.4) is 0 Å². The van der Waals surface area contributed by atoms with Gasteiger partial charge in [0.15, 0.2) is 0 Å². The van der Waals surface area contributed by atoms with E-state index in [1.807, 2.05) is 6.92 Å². The lowest BCUT2D eigenvalue weighted by atomic mass is 9.68. The van der Waals surface area contributed by atoms with Gasteiger partial charge in [0.25, 0.3) is 5.69 Å². The van der Waals surface area contributed by atoms with Crippen molar-refractivity contribution >= 4 is 23.3 Å². The second-order valence-electron chi connectivity index (χ2n) is 8.18. The Kier molecular flexibility index (Phi) is 8.03. The lowest BCUT2D eigenvalue weighted by molar-refractivity contribution is -0.384. The van der Waals surface area contributed by atoms with Gasteiger partial charge in [0.1, 0.15) is 11.3 Å². The number of benzene rings is 2. The average Bonchev–Trinajstić information content (AvgIpc) is 2.83. The minimum absolute atomic E-state index is 0.00753. The second kappa shape index (κ2) is 10.9. The lowest BCUT2D eigenvalue weighted by Gasteiger charge is -2.36. The highest BCUT2D eigenvalue weighted by Crippen LogP contribution is 2.41. The van der Waals surface area contributed by atoms with Crippen molar-refractivity contribution in [3.63, 3.8) is 0 Å². The molecule has 1 saturated carbocycles. The highest BCUT2D eigenvalue weighted by Gasteiger charge is 2.41. The van der Waals surface area contributed by atoms with Crippen molar-refractivity contribution in [3.05, 3.63) is 63.7 Å². The number of anilines is 1. The molecule has 0 radical (unpaired) electrons. The van der Waals surface area contributed by atoms with Gasteiger partial charge in [-0.15, -0.1) is 0 Å². The summed E-state index contributed by atoms with van der Waals surface area (Å²) in [5.74, 6) is -0.286. The number of nitrogens with one attached hydrogen (secondary N) is 1. The van der Waals surface area contributed by atoms with Gasteiger partial charge in [0.2, 0.25) is 5.91 Å². The summed E-state index contributed by atoms with van der Waals surface area (Å²) in [4.78, 5) is 36.7. The molecule has 8 heteroatoms.